The Morgan fingerprint density at radius 3 is 2.39 bits per heavy atom. The molecule has 162 valence electrons. The number of carboxylic acids is 1. The molecule has 8 nitrogen and oxygen atoms in total. The first-order valence-electron chi connectivity index (χ1n) is 9.66. The molecule has 3 aromatic carbocycles. The van der Waals surface area contributed by atoms with Crippen molar-refractivity contribution in [2.75, 3.05) is 0 Å². The first kappa shape index (κ1) is 20.2. The quantitative estimate of drug-likeness (QED) is 0.420. The molecule has 0 radical (unpaired) electrons. The number of halogens is 2. The van der Waals surface area contributed by atoms with E-state index < -0.39 is 23.2 Å². The summed E-state index contributed by atoms with van der Waals surface area (Å²) in [6.45, 7) is 0. The van der Waals surface area contributed by atoms with Crippen molar-refractivity contribution in [1.29, 1.82) is 0 Å². The van der Waals surface area contributed by atoms with Crippen molar-refractivity contribution in [3.05, 3.63) is 90.0 Å². The van der Waals surface area contributed by atoms with Crippen LogP contribution in [0.2, 0.25) is 0 Å². The molecule has 33 heavy (non-hydrogen) atoms. The molecule has 0 unspecified atom stereocenters. The van der Waals surface area contributed by atoms with Gasteiger partial charge in [-0.05, 0) is 30.3 Å². The Morgan fingerprint density at radius 2 is 1.67 bits per heavy atom. The fraction of sp³-hybridized carbons (Fsp3) is 0. The fourth-order valence-corrected chi connectivity index (χ4v) is 3.34. The van der Waals surface area contributed by atoms with Gasteiger partial charge in [-0.2, -0.15) is 4.98 Å². The summed E-state index contributed by atoms with van der Waals surface area (Å²) < 4.78 is 35.3. The van der Waals surface area contributed by atoms with Crippen LogP contribution >= 0.6 is 0 Å². The second-order valence-electron chi connectivity index (χ2n) is 6.94. The van der Waals surface area contributed by atoms with E-state index in [1.165, 1.54) is 16.8 Å². The van der Waals surface area contributed by atoms with E-state index in [4.69, 9.17) is 9.63 Å². The molecule has 0 aliphatic rings. The van der Waals surface area contributed by atoms with Gasteiger partial charge in [-0.25, -0.2) is 18.3 Å². The number of rotatable bonds is 5. The van der Waals surface area contributed by atoms with Crippen LogP contribution in [0.25, 0.3) is 39.9 Å². The third-order valence-corrected chi connectivity index (χ3v) is 4.88. The first-order chi connectivity index (χ1) is 16.0. The van der Waals surface area contributed by atoms with Gasteiger partial charge in [0.1, 0.15) is 23.0 Å². The van der Waals surface area contributed by atoms with E-state index in [9.17, 15) is 13.6 Å². The van der Waals surface area contributed by atoms with Crippen LogP contribution in [-0.4, -0.2) is 36.2 Å². The standard InChI is InChI=1S/C23H13F2N5O3/c24-16-8-4-5-9-18(16)30-20(13-6-2-1-3-7-13)19(27-29-30)22-26-21(28-33-22)14-10-11-15(23(31)32)17(25)12-14/h1-12H,(H,31,32). The highest BCUT2D eigenvalue weighted by atomic mass is 19.1. The second kappa shape index (κ2) is 8.08. The lowest BCUT2D eigenvalue weighted by Crippen LogP contribution is -2.02. The molecule has 0 bridgehead atoms. The Kier molecular flexibility index (Phi) is 4.94. The minimum absolute atomic E-state index is 0.0193. The summed E-state index contributed by atoms with van der Waals surface area (Å²) in [6, 6.07) is 18.7. The highest BCUT2D eigenvalue weighted by Crippen LogP contribution is 2.33. The third-order valence-electron chi connectivity index (χ3n) is 4.88. The fourth-order valence-electron chi connectivity index (χ4n) is 3.34. The monoisotopic (exact) mass is 445 g/mol. The summed E-state index contributed by atoms with van der Waals surface area (Å²) in [6.07, 6.45) is 0. The number of benzene rings is 3. The van der Waals surface area contributed by atoms with Crippen LogP contribution in [0.15, 0.2) is 77.3 Å². The lowest BCUT2D eigenvalue weighted by Gasteiger charge is -2.08. The number of aromatic carboxylic acids is 1. The van der Waals surface area contributed by atoms with Gasteiger partial charge >= 0.3 is 5.97 Å². The van der Waals surface area contributed by atoms with Crippen LogP contribution in [0.4, 0.5) is 8.78 Å². The van der Waals surface area contributed by atoms with Crippen molar-refractivity contribution < 1.29 is 23.2 Å². The molecule has 0 saturated heterocycles. The van der Waals surface area contributed by atoms with Gasteiger partial charge < -0.3 is 9.63 Å². The number of nitrogens with zero attached hydrogens (tertiary/aromatic N) is 5. The van der Waals surface area contributed by atoms with E-state index in [1.54, 1.807) is 30.3 Å². The Bertz CT molecular complexity index is 1480. The van der Waals surface area contributed by atoms with Gasteiger partial charge in [-0.3, -0.25) is 0 Å². The van der Waals surface area contributed by atoms with Crippen molar-refractivity contribution in [2.45, 2.75) is 0 Å². The van der Waals surface area contributed by atoms with Gasteiger partial charge in [0.25, 0.3) is 5.89 Å². The van der Waals surface area contributed by atoms with E-state index in [0.717, 1.165) is 12.1 Å². The summed E-state index contributed by atoms with van der Waals surface area (Å²) in [7, 11) is 0. The van der Waals surface area contributed by atoms with Crippen LogP contribution in [0.5, 0.6) is 0 Å². The molecule has 0 atom stereocenters. The smallest absolute Gasteiger partial charge is 0.338 e. The Morgan fingerprint density at radius 1 is 0.909 bits per heavy atom. The molecule has 2 aromatic heterocycles. The van der Waals surface area contributed by atoms with E-state index in [-0.39, 0.29) is 28.7 Å². The largest absolute Gasteiger partial charge is 0.478 e. The number of hydrogen-bond donors (Lipinski definition) is 1. The number of hydrogen-bond acceptors (Lipinski definition) is 6. The Hall–Kier alpha value is -4.73. The highest BCUT2D eigenvalue weighted by Gasteiger charge is 2.24. The van der Waals surface area contributed by atoms with Crippen LogP contribution < -0.4 is 0 Å². The summed E-state index contributed by atoms with van der Waals surface area (Å²) >= 11 is 0. The lowest BCUT2D eigenvalue weighted by molar-refractivity contribution is 0.0692. The van der Waals surface area contributed by atoms with Gasteiger partial charge in [0, 0.05) is 11.1 Å². The Balaban J connectivity index is 1.63. The predicted molar refractivity (Wildman–Crippen MR) is 112 cm³/mol. The van der Waals surface area contributed by atoms with Crippen molar-refractivity contribution in [1.82, 2.24) is 25.1 Å². The molecule has 1 N–H and O–H groups in total. The van der Waals surface area contributed by atoms with Crippen molar-refractivity contribution in [3.63, 3.8) is 0 Å². The topological polar surface area (TPSA) is 107 Å². The highest BCUT2D eigenvalue weighted by molar-refractivity contribution is 5.88. The summed E-state index contributed by atoms with van der Waals surface area (Å²) in [5, 5.41) is 21.1. The van der Waals surface area contributed by atoms with Crippen LogP contribution in [0.1, 0.15) is 10.4 Å². The first-order valence-corrected chi connectivity index (χ1v) is 9.66. The van der Waals surface area contributed by atoms with Crippen LogP contribution in [-0.2, 0) is 0 Å². The number of para-hydroxylation sites is 1. The van der Waals surface area contributed by atoms with Gasteiger partial charge in [-0.1, -0.05) is 52.8 Å². The molecule has 0 aliphatic carbocycles. The van der Waals surface area contributed by atoms with E-state index in [1.807, 2.05) is 18.2 Å². The average Bonchev–Trinajstić information content (AvgIpc) is 3.47. The van der Waals surface area contributed by atoms with E-state index >= 15 is 0 Å². The molecule has 5 rings (SSSR count). The number of carboxylic acid groups (broad SMARTS) is 1. The summed E-state index contributed by atoms with van der Waals surface area (Å²) in [5.41, 5.74) is 1.23. The molecule has 10 heteroatoms. The molecule has 0 aliphatic heterocycles. The zero-order valence-corrected chi connectivity index (χ0v) is 16.7. The van der Waals surface area contributed by atoms with Gasteiger partial charge in [0.05, 0.1) is 5.56 Å². The van der Waals surface area contributed by atoms with Crippen molar-refractivity contribution >= 4 is 5.97 Å². The average molecular weight is 445 g/mol. The predicted octanol–water partition coefficient (Wildman–Crippen LogP) is 4.63. The maximum atomic E-state index is 14.5. The molecule has 0 saturated carbocycles. The number of aromatic nitrogens is 5. The van der Waals surface area contributed by atoms with Crippen LogP contribution in [0, 0.1) is 11.6 Å². The summed E-state index contributed by atoms with van der Waals surface area (Å²) in [5.74, 6) is -2.80. The molecular weight excluding hydrogens is 432 g/mol. The van der Waals surface area contributed by atoms with E-state index in [2.05, 4.69) is 20.5 Å². The third kappa shape index (κ3) is 3.63. The maximum absolute atomic E-state index is 14.5. The zero-order valence-electron chi connectivity index (χ0n) is 16.7. The molecule has 0 spiro atoms. The SMILES string of the molecule is O=C(O)c1ccc(-c2noc(-c3nnn(-c4ccccc4F)c3-c3ccccc3)n2)cc1F. The second-order valence-corrected chi connectivity index (χ2v) is 6.94. The lowest BCUT2D eigenvalue weighted by atomic mass is 10.1. The normalized spacial score (nSPS) is 11.0. The molecule has 0 fully saturated rings. The number of carbonyl (C=O) groups is 1. The zero-order chi connectivity index (χ0) is 22.9. The van der Waals surface area contributed by atoms with Crippen molar-refractivity contribution in [2.24, 2.45) is 0 Å². The minimum Gasteiger partial charge on any atom is -0.478 e. The summed E-state index contributed by atoms with van der Waals surface area (Å²) in [4.78, 5) is 15.3. The molecule has 5 aromatic rings. The van der Waals surface area contributed by atoms with Crippen molar-refractivity contribution in [3.8, 4) is 39.9 Å². The Labute approximate surface area is 184 Å². The van der Waals surface area contributed by atoms with Crippen LogP contribution in [0.3, 0.4) is 0 Å². The minimum atomic E-state index is -1.38. The van der Waals surface area contributed by atoms with Gasteiger partial charge in [0.15, 0.2) is 5.69 Å². The van der Waals surface area contributed by atoms with Gasteiger partial charge in [-0.15, -0.1) is 5.10 Å². The van der Waals surface area contributed by atoms with Gasteiger partial charge in [0.2, 0.25) is 5.82 Å². The molecule has 0 amide bonds. The van der Waals surface area contributed by atoms with E-state index in [0.29, 0.717) is 11.3 Å². The maximum Gasteiger partial charge on any atom is 0.338 e. The molecule has 2 heterocycles. The molecular formula is C23H13F2N5O3.